The van der Waals surface area contributed by atoms with E-state index in [1.807, 2.05) is 42.8 Å². The molecule has 0 unspecified atom stereocenters. The Hall–Kier alpha value is -2.76. The quantitative estimate of drug-likeness (QED) is 0.813. The third-order valence-corrected chi connectivity index (χ3v) is 3.91. The van der Waals surface area contributed by atoms with Crippen molar-refractivity contribution in [3.8, 4) is 11.4 Å². The summed E-state index contributed by atoms with van der Waals surface area (Å²) < 4.78 is 13.1. The fourth-order valence-electron chi connectivity index (χ4n) is 2.76. The van der Waals surface area contributed by atoms with Crippen molar-refractivity contribution in [2.75, 3.05) is 20.7 Å². The number of carbonyl (C=O) groups excluding carboxylic acids is 1. The summed E-state index contributed by atoms with van der Waals surface area (Å²) in [5, 5.41) is 0. The highest BCUT2D eigenvalue weighted by atomic mass is 16.5. The van der Waals surface area contributed by atoms with Crippen LogP contribution in [0.15, 0.2) is 36.5 Å². The zero-order valence-electron chi connectivity index (χ0n) is 14.3. The minimum absolute atomic E-state index is 0.0194. The summed E-state index contributed by atoms with van der Waals surface area (Å²) in [6.07, 6.45) is 5.41. The van der Waals surface area contributed by atoms with Crippen molar-refractivity contribution in [3.63, 3.8) is 0 Å². The lowest BCUT2D eigenvalue weighted by Gasteiger charge is -2.30. The summed E-state index contributed by atoms with van der Waals surface area (Å²) in [7, 11) is 3.40. The monoisotopic (exact) mass is 327 g/mol. The van der Waals surface area contributed by atoms with Crippen LogP contribution in [0.2, 0.25) is 0 Å². The largest absolute Gasteiger partial charge is 0.495 e. The number of morpholine rings is 1. The Morgan fingerprint density at radius 2 is 2.21 bits per heavy atom. The standard InChI is InChI=1S/C18H21N3O3/c1-12-9-21(11-19-12)15-6-5-14(7-16(15)23-4)8-17-18(22)20(3)10-13(2)24-17/h5-9,11,13H,10H2,1-4H3/b17-8-/t13-/m0/s1. The molecule has 6 nitrogen and oxygen atoms in total. The number of imidazole rings is 1. The van der Waals surface area contributed by atoms with E-state index >= 15 is 0 Å². The van der Waals surface area contributed by atoms with Gasteiger partial charge in [-0.2, -0.15) is 0 Å². The molecule has 0 saturated carbocycles. The van der Waals surface area contributed by atoms with Gasteiger partial charge >= 0.3 is 0 Å². The number of aryl methyl sites for hydroxylation is 1. The van der Waals surface area contributed by atoms with Crippen LogP contribution >= 0.6 is 0 Å². The molecule has 1 aromatic heterocycles. The zero-order chi connectivity index (χ0) is 17.3. The number of ether oxygens (including phenoxy) is 2. The number of rotatable bonds is 3. The van der Waals surface area contributed by atoms with Crippen LogP contribution in [-0.4, -0.2) is 47.2 Å². The molecule has 3 rings (SSSR count). The maximum Gasteiger partial charge on any atom is 0.288 e. The predicted molar refractivity (Wildman–Crippen MR) is 91.0 cm³/mol. The first kappa shape index (κ1) is 16.1. The van der Waals surface area contributed by atoms with Gasteiger partial charge in [-0.3, -0.25) is 4.79 Å². The number of hydrogen-bond donors (Lipinski definition) is 0. The number of methoxy groups -OCH3 is 1. The lowest BCUT2D eigenvalue weighted by Crippen LogP contribution is -2.41. The highest BCUT2D eigenvalue weighted by Crippen LogP contribution is 2.26. The van der Waals surface area contributed by atoms with Crippen molar-refractivity contribution in [2.24, 2.45) is 0 Å². The number of carbonyl (C=O) groups is 1. The molecule has 126 valence electrons. The van der Waals surface area contributed by atoms with Gasteiger partial charge in [0.25, 0.3) is 5.91 Å². The number of likely N-dealkylation sites (N-methyl/N-ethyl adjacent to an activating group) is 1. The second-order valence-corrected chi connectivity index (χ2v) is 5.98. The average molecular weight is 327 g/mol. The molecule has 2 aromatic rings. The summed E-state index contributed by atoms with van der Waals surface area (Å²) >= 11 is 0. The van der Waals surface area contributed by atoms with Crippen molar-refractivity contribution in [3.05, 3.63) is 47.7 Å². The zero-order valence-corrected chi connectivity index (χ0v) is 14.3. The van der Waals surface area contributed by atoms with E-state index in [9.17, 15) is 4.79 Å². The summed E-state index contributed by atoms with van der Waals surface area (Å²) in [5.74, 6) is 0.942. The van der Waals surface area contributed by atoms with E-state index in [0.29, 0.717) is 18.1 Å². The van der Waals surface area contributed by atoms with Crippen molar-refractivity contribution in [1.29, 1.82) is 0 Å². The maximum atomic E-state index is 12.2. The normalized spacial score (nSPS) is 19.5. The molecule has 0 spiro atoms. The number of benzene rings is 1. The van der Waals surface area contributed by atoms with Gasteiger partial charge in [-0.25, -0.2) is 4.98 Å². The molecule has 0 radical (unpaired) electrons. The van der Waals surface area contributed by atoms with E-state index in [-0.39, 0.29) is 12.0 Å². The number of hydrogen-bond acceptors (Lipinski definition) is 4. The molecule has 0 aliphatic carbocycles. The molecule has 1 saturated heterocycles. The minimum Gasteiger partial charge on any atom is -0.495 e. The van der Waals surface area contributed by atoms with E-state index in [0.717, 1.165) is 16.9 Å². The molecule has 1 fully saturated rings. The molecule has 24 heavy (non-hydrogen) atoms. The second-order valence-electron chi connectivity index (χ2n) is 5.98. The van der Waals surface area contributed by atoms with Gasteiger partial charge in [0.1, 0.15) is 11.9 Å². The lowest BCUT2D eigenvalue weighted by molar-refractivity contribution is -0.136. The SMILES string of the molecule is COc1cc(/C=C2\O[C@@H](C)CN(C)C2=O)ccc1-n1cnc(C)c1. The van der Waals surface area contributed by atoms with Crippen molar-refractivity contribution < 1.29 is 14.3 Å². The van der Waals surface area contributed by atoms with Crippen LogP contribution in [-0.2, 0) is 9.53 Å². The molecule has 0 bridgehead atoms. The summed E-state index contributed by atoms with van der Waals surface area (Å²) in [6, 6.07) is 5.75. The summed E-state index contributed by atoms with van der Waals surface area (Å²) in [6.45, 7) is 4.48. The lowest BCUT2D eigenvalue weighted by atomic mass is 10.1. The summed E-state index contributed by atoms with van der Waals surface area (Å²) in [5.41, 5.74) is 2.67. The van der Waals surface area contributed by atoms with E-state index in [1.165, 1.54) is 0 Å². The Labute approximate surface area is 141 Å². The van der Waals surface area contributed by atoms with Gasteiger partial charge in [-0.05, 0) is 37.6 Å². The molecule has 1 aliphatic rings. The van der Waals surface area contributed by atoms with Gasteiger partial charge in [-0.15, -0.1) is 0 Å². The summed E-state index contributed by atoms with van der Waals surface area (Å²) in [4.78, 5) is 18.1. The number of aromatic nitrogens is 2. The van der Waals surface area contributed by atoms with E-state index < -0.39 is 0 Å². The first-order chi connectivity index (χ1) is 11.5. The van der Waals surface area contributed by atoms with Crippen LogP contribution in [0.25, 0.3) is 11.8 Å². The molecule has 2 heterocycles. The molecule has 1 aromatic carbocycles. The van der Waals surface area contributed by atoms with Gasteiger partial charge in [0.2, 0.25) is 0 Å². The van der Waals surface area contributed by atoms with Crippen molar-refractivity contribution in [1.82, 2.24) is 14.5 Å². The van der Waals surface area contributed by atoms with Gasteiger partial charge < -0.3 is 18.9 Å². The van der Waals surface area contributed by atoms with Crippen LogP contribution < -0.4 is 4.74 Å². The number of amides is 1. The molecule has 1 atom stereocenters. The molecule has 0 N–H and O–H groups in total. The average Bonchev–Trinajstić information content (AvgIpc) is 2.98. The van der Waals surface area contributed by atoms with Gasteiger partial charge in [0.05, 0.1) is 31.4 Å². The molecular formula is C18H21N3O3. The topological polar surface area (TPSA) is 56.6 Å². The Bertz CT molecular complexity index is 795. The van der Waals surface area contributed by atoms with Gasteiger partial charge in [-0.1, -0.05) is 6.07 Å². The first-order valence-electron chi connectivity index (χ1n) is 7.80. The van der Waals surface area contributed by atoms with Crippen LogP contribution in [0.4, 0.5) is 0 Å². The fraction of sp³-hybridized carbons (Fsp3) is 0.333. The molecule has 6 heteroatoms. The van der Waals surface area contributed by atoms with Crippen LogP contribution in [0, 0.1) is 6.92 Å². The van der Waals surface area contributed by atoms with E-state index in [1.54, 1.807) is 31.5 Å². The van der Waals surface area contributed by atoms with Gasteiger partial charge in [0, 0.05) is 13.2 Å². The molecule has 1 amide bonds. The molecular weight excluding hydrogens is 306 g/mol. The smallest absolute Gasteiger partial charge is 0.288 e. The molecule has 1 aliphatic heterocycles. The third-order valence-electron chi connectivity index (χ3n) is 3.91. The predicted octanol–water partition coefficient (Wildman–Crippen LogP) is 2.41. The Morgan fingerprint density at radius 3 is 2.88 bits per heavy atom. The number of nitrogens with zero attached hydrogens (tertiary/aromatic N) is 3. The van der Waals surface area contributed by atoms with Gasteiger partial charge in [0.15, 0.2) is 5.76 Å². The van der Waals surface area contributed by atoms with Crippen molar-refractivity contribution in [2.45, 2.75) is 20.0 Å². The van der Waals surface area contributed by atoms with Crippen LogP contribution in [0.1, 0.15) is 18.2 Å². The Kier molecular flexibility index (Phi) is 4.29. The van der Waals surface area contributed by atoms with E-state index in [4.69, 9.17) is 9.47 Å². The minimum atomic E-state index is -0.110. The Morgan fingerprint density at radius 1 is 1.42 bits per heavy atom. The van der Waals surface area contributed by atoms with Crippen molar-refractivity contribution >= 4 is 12.0 Å². The maximum absolute atomic E-state index is 12.2. The highest BCUT2D eigenvalue weighted by Gasteiger charge is 2.26. The first-order valence-corrected chi connectivity index (χ1v) is 7.80. The Balaban J connectivity index is 1.95. The second kappa shape index (κ2) is 6.39. The van der Waals surface area contributed by atoms with E-state index in [2.05, 4.69) is 4.98 Å². The van der Waals surface area contributed by atoms with Crippen LogP contribution in [0.3, 0.4) is 0 Å². The fourth-order valence-corrected chi connectivity index (χ4v) is 2.76. The van der Waals surface area contributed by atoms with Crippen LogP contribution in [0.5, 0.6) is 5.75 Å². The highest BCUT2D eigenvalue weighted by molar-refractivity contribution is 5.96. The third kappa shape index (κ3) is 3.13.